The summed E-state index contributed by atoms with van der Waals surface area (Å²) in [4.78, 5) is 20.2. The molecule has 122 valence electrons. The number of ether oxygens (including phenoxy) is 1. The van der Waals surface area contributed by atoms with Crippen molar-refractivity contribution >= 4 is 23.1 Å². The Labute approximate surface area is 142 Å². The molecule has 7 heteroatoms. The van der Waals surface area contributed by atoms with Crippen molar-refractivity contribution in [3.63, 3.8) is 0 Å². The van der Waals surface area contributed by atoms with Gasteiger partial charge in [0.25, 0.3) is 0 Å². The highest BCUT2D eigenvalue weighted by atomic mass is 32.1. The van der Waals surface area contributed by atoms with Crippen LogP contribution in [0.4, 0.5) is 10.2 Å². The Morgan fingerprint density at radius 1 is 1.29 bits per heavy atom. The molecule has 0 saturated heterocycles. The molecule has 0 radical (unpaired) electrons. The lowest BCUT2D eigenvalue weighted by Crippen LogP contribution is -2.15. The van der Waals surface area contributed by atoms with E-state index in [-0.39, 0.29) is 12.3 Å². The van der Waals surface area contributed by atoms with E-state index in [0.29, 0.717) is 22.8 Å². The van der Waals surface area contributed by atoms with Crippen molar-refractivity contribution in [2.75, 3.05) is 12.4 Å². The lowest BCUT2D eigenvalue weighted by atomic mass is 10.1. The van der Waals surface area contributed by atoms with E-state index < -0.39 is 5.82 Å². The van der Waals surface area contributed by atoms with Crippen molar-refractivity contribution in [3.8, 4) is 17.0 Å². The minimum absolute atomic E-state index is 0.177. The van der Waals surface area contributed by atoms with Crippen molar-refractivity contribution < 1.29 is 13.9 Å². The van der Waals surface area contributed by atoms with E-state index in [9.17, 15) is 9.18 Å². The van der Waals surface area contributed by atoms with Gasteiger partial charge in [-0.1, -0.05) is 0 Å². The number of thiophene rings is 1. The molecular formula is C17H14FN3O2S. The average molecular weight is 343 g/mol. The Hall–Kier alpha value is -2.80. The number of aromatic nitrogens is 2. The zero-order valence-corrected chi connectivity index (χ0v) is 13.6. The van der Waals surface area contributed by atoms with Gasteiger partial charge in [0.05, 0.1) is 19.2 Å². The smallest absolute Gasteiger partial charge is 0.229 e. The van der Waals surface area contributed by atoms with Gasteiger partial charge in [-0.05, 0) is 40.6 Å². The summed E-state index contributed by atoms with van der Waals surface area (Å²) in [6.07, 6.45) is 1.59. The van der Waals surface area contributed by atoms with Crippen molar-refractivity contribution in [2.24, 2.45) is 0 Å². The molecule has 0 atom stereocenters. The van der Waals surface area contributed by atoms with E-state index in [1.807, 2.05) is 16.8 Å². The Morgan fingerprint density at radius 3 is 2.92 bits per heavy atom. The molecule has 0 fully saturated rings. The standard InChI is InChI=1S/C17H14FN3O2S/c1-23-15-3-2-12(18)7-13(15)14-8-16(20-10-19-14)21-17(22)6-11-4-5-24-9-11/h2-5,7-10H,6H2,1H3,(H,19,20,21,22). The van der Waals surface area contributed by atoms with Crippen LogP contribution in [0.5, 0.6) is 5.75 Å². The lowest BCUT2D eigenvalue weighted by molar-refractivity contribution is -0.115. The molecule has 0 saturated carbocycles. The first-order valence-electron chi connectivity index (χ1n) is 7.12. The quantitative estimate of drug-likeness (QED) is 0.770. The van der Waals surface area contributed by atoms with Gasteiger partial charge >= 0.3 is 0 Å². The molecule has 24 heavy (non-hydrogen) atoms. The molecule has 1 amide bonds. The second kappa shape index (κ2) is 7.18. The third-order valence-corrected chi connectivity index (χ3v) is 4.05. The van der Waals surface area contributed by atoms with Crippen molar-refractivity contribution in [3.05, 3.63) is 58.8 Å². The molecule has 0 unspecified atom stereocenters. The minimum atomic E-state index is -0.396. The molecule has 0 aliphatic rings. The first kappa shape index (κ1) is 16.1. The number of hydrogen-bond acceptors (Lipinski definition) is 5. The number of methoxy groups -OCH3 is 1. The number of carbonyl (C=O) groups is 1. The highest BCUT2D eigenvalue weighted by Gasteiger charge is 2.11. The van der Waals surface area contributed by atoms with Crippen LogP contribution in [0.3, 0.4) is 0 Å². The van der Waals surface area contributed by atoms with E-state index in [1.165, 1.54) is 43.0 Å². The van der Waals surface area contributed by atoms with Crippen molar-refractivity contribution in [1.29, 1.82) is 0 Å². The summed E-state index contributed by atoms with van der Waals surface area (Å²) in [5.74, 6) is 0.272. The SMILES string of the molecule is COc1ccc(F)cc1-c1cc(NC(=O)Cc2ccsc2)ncn1. The topological polar surface area (TPSA) is 64.1 Å². The van der Waals surface area contributed by atoms with Gasteiger partial charge in [0, 0.05) is 11.6 Å². The lowest BCUT2D eigenvalue weighted by Gasteiger charge is -2.09. The number of nitrogens with zero attached hydrogens (tertiary/aromatic N) is 2. The summed E-state index contributed by atoms with van der Waals surface area (Å²) >= 11 is 1.54. The molecule has 0 aliphatic heterocycles. The Bertz CT molecular complexity index is 853. The highest BCUT2D eigenvalue weighted by Crippen LogP contribution is 2.29. The molecule has 3 aromatic rings. The first-order chi connectivity index (χ1) is 11.7. The van der Waals surface area contributed by atoms with Crippen molar-refractivity contribution in [1.82, 2.24) is 9.97 Å². The van der Waals surface area contributed by atoms with Crippen LogP contribution < -0.4 is 10.1 Å². The first-order valence-corrected chi connectivity index (χ1v) is 8.07. The van der Waals surface area contributed by atoms with E-state index in [0.717, 1.165) is 5.56 Å². The molecule has 3 rings (SSSR count). The van der Waals surface area contributed by atoms with Crippen molar-refractivity contribution in [2.45, 2.75) is 6.42 Å². The number of hydrogen-bond donors (Lipinski definition) is 1. The van der Waals surface area contributed by atoms with E-state index in [2.05, 4.69) is 15.3 Å². The van der Waals surface area contributed by atoms with Crippen LogP contribution in [0.1, 0.15) is 5.56 Å². The number of halogens is 1. The van der Waals surface area contributed by atoms with Gasteiger partial charge in [-0.2, -0.15) is 11.3 Å². The zero-order valence-electron chi connectivity index (χ0n) is 12.8. The van der Waals surface area contributed by atoms with E-state index >= 15 is 0 Å². The van der Waals surface area contributed by atoms with Gasteiger partial charge in [-0.25, -0.2) is 14.4 Å². The number of nitrogens with one attached hydrogen (secondary N) is 1. The Morgan fingerprint density at radius 2 is 2.17 bits per heavy atom. The Balaban J connectivity index is 1.82. The maximum Gasteiger partial charge on any atom is 0.229 e. The van der Waals surface area contributed by atoms with Crippen LogP contribution in [0, 0.1) is 5.82 Å². The van der Waals surface area contributed by atoms with Gasteiger partial charge in [-0.3, -0.25) is 4.79 Å². The number of anilines is 1. The summed E-state index contributed by atoms with van der Waals surface area (Å²) in [6.45, 7) is 0. The summed E-state index contributed by atoms with van der Waals surface area (Å²) < 4.78 is 18.8. The van der Waals surface area contributed by atoms with Crippen LogP contribution in [-0.2, 0) is 11.2 Å². The predicted molar refractivity (Wildman–Crippen MR) is 90.6 cm³/mol. The fourth-order valence-corrected chi connectivity index (χ4v) is 2.89. The normalized spacial score (nSPS) is 10.4. The second-order valence-electron chi connectivity index (χ2n) is 4.99. The molecule has 1 N–H and O–H groups in total. The van der Waals surface area contributed by atoms with E-state index in [4.69, 9.17) is 4.74 Å². The fourth-order valence-electron chi connectivity index (χ4n) is 2.22. The third kappa shape index (κ3) is 3.75. The monoisotopic (exact) mass is 343 g/mol. The number of amides is 1. The highest BCUT2D eigenvalue weighted by molar-refractivity contribution is 7.08. The maximum atomic E-state index is 13.5. The van der Waals surface area contributed by atoms with Crippen LogP contribution >= 0.6 is 11.3 Å². The molecule has 2 aromatic heterocycles. The molecule has 0 spiro atoms. The summed E-state index contributed by atoms with van der Waals surface area (Å²) in [6, 6.07) is 7.66. The number of rotatable bonds is 5. The van der Waals surface area contributed by atoms with Crippen LogP contribution in [-0.4, -0.2) is 23.0 Å². The molecule has 2 heterocycles. The fraction of sp³-hybridized carbons (Fsp3) is 0.118. The van der Waals surface area contributed by atoms with E-state index in [1.54, 1.807) is 6.07 Å². The van der Waals surface area contributed by atoms with Crippen LogP contribution in [0.15, 0.2) is 47.4 Å². The largest absolute Gasteiger partial charge is 0.496 e. The maximum absolute atomic E-state index is 13.5. The number of benzene rings is 1. The van der Waals surface area contributed by atoms with Gasteiger partial charge in [0.2, 0.25) is 5.91 Å². The van der Waals surface area contributed by atoms with Crippen LogP contribution in [0.2, 0.25) is 0 Å². The summed E-state index contributed by atoms with van der Waals surface area (Å²) in [5.41, 5.74) is 1.90. The van der Waals surface area contributed by atoms with Gasteiger partial charge in [-0.15, -0.1) is 0 Å². The van der Waals surface area contributed by atoms with Gasteiger partial charge in [0.15, 0.2) is 0 Å². The number of carbonyl (C=O) groups excluding carboxylic acids is 1. The zero-order chi connectivity index (χ0) is 16.9. The molecule has 0 aliphatic carbocycles. The predicted octanol–water partition coefficient (Wildman–Crippen LogP) is 3.53. The third-order valence-electron chi connectivity index (χ3n) is 3.32. The Kier molecular flexibility index (Phi) is 4.81. The molecule has 1 aromatic carbocycles. The minimum Gasteiger partial charge on any atom is -0.496 e. The molecular weight excluding hydrogens is 329 g/mol. The summed E-state index contributed by atoms with van der Waals surface area (Å²) in [7, 11) is 1.50. The van der Waals surface area contributed by atoms with Gasteiger partial charge in [0.1, 0.15) is 23.7 Å². The second-order valence-corrected chi connectivity index (χ2v) is 5.77. The van der Waals surface area contributed by atoms with Crippen LogP contribution in [0.25, 0.3) is 11.3 Å². The molecule has 0 bridgehead atoms. The average Bonchev–Trinajstić information content (AvgIpc) is 3.08. The summed E-state index contributed by atoms with van der Waals surface area (Å²) in [5, 5.41) is 6.56. The van der Waals surface area contributed by atoms with Gasteiger partial charge < -0.3 is 10.1 Å². The molecule has 5 nitrogen and oxygen atoms in total.